The van der Waals surface area contributed by atoms with Gasteiger partial charge in [0.25, 0.3) is 0 Å². The van der Waals surface area contributed by atoms with Gasteiger partial charge in [0.15, 0.2) is 5.17 Å². The Balaban J connectivity index is 2.69. The van der Waals surface area contributed by atoms with Crippen LogP contribution in [0.4, 0.5) is 9.18 Å². The molecular weight excluding hydrogens is 525 g/mol. The van der Waals surface area contributed by atoms with Gasteiger partial charge in [-0.1, -0.05) is 51.0 Å². The fraction of sp³-hybridized carbons (Fsp3) is 0.630. The summed E-state index contributed by atoms with van der Waals surface area (Å²) < 4.78 is 30.8. The van der Waals surface area contributed by atoms with Crippen LogP contribution in [0.2, 0.25) is 25.7 Å². The van der Waals surface area contributed by atoms with Crippen molar-refractivity contribution >= 4 is 43.1 Å². The highest BCUT2D eigenvalue weighted by Crippen LogP contribution is 2.52. The second kappa shape index (κ2) is 11.9. The fourth-order valence-corrected chi connectivity index (χ4v) is 6.11. The molecule has 1 amide bonds. The topological polar surface area (TPSA) is 90.3 Å². The number of nitrogens with zero attached hydrogens (tertiary/aromatic N) is 3. The number of carbonyl (C=O) groups excluding carboxylic acids is 2. The van der Waals surface area contributed by atoms with Crippen LogP contribution in [0.25, 0.3) is 6.08 Å². The van der Waals surface area contributed by atoms with Gasteiger partial charge in [0.05, 0.1) is 12.6 Å². The van der Waals surface area contributed by atoms with Crippen molar-refractivity contribution in [1.29, 1.82) is 0 Å². The molecule has 212 valence electrons. The number of hydrogen-bond donors (Lipinski definition) is 0. The third-order valence-corrected chi connectivity index (χ3v) is 9.74. The van der Waals surface area contributed by atoms with Gasteiger partial charge >= 0.3 is 12.1 Å². The molecule has 0 bridgehead atoms. The number of halogens is 1. The van der Waals surface area contributed by atoms with Gasteiger partial charge < -0.3 is 14.2 Å². The lowest BCUT2D eigenvalue weighted by Gasteiger charge is -2.47. The van der Waals surface area contributed by atoms with E-state index in [0.29, 0.717) is 12.2 Å². The Morgan fingerprint density at radius 3 is 2.45 bits per heavy atom. The second-order valence-corrected chi connectivity index (χ2v) is 19.1. The zero-order valence-electron chi connectivity index (χ0n) is 24.3. The van der Waals surface area contributed by atoms with E-state index in [1.54, 1.807) is 46.8 Å². The summed E-state index contributed by atoms with van der Waals surface area (Å²) in [5.41, 5.74) is -1.30. The molecule has 0 aliphatic carbocycles. The number of carbonyl (C=O) groups is 2. The summed E-state index contributed by atoms with van der Waals surface area (Å²) in [5, 5.41) is 0.171. The lowest BCUT2D eigenvalue weighted by atomic mass is 9.74. The van der Waals surface area contributed by atoms with E-state index in [9.17, 15) is 9.59 Å². The van der Waals surface area contributed by atoms with E-state index in [0.717, 1.165) is 17.8 Å². The first-order valence-corrected chi connectivity index (χ1v) is 17.1. The molecule has 8 nitrogen and oxygen atoms in total. The molecule has 1 aromatic heterocycles. The second-order valence-electron chi connectivity index (χ2n) is 12.0. The van der Waals surface area contributed by atoms with Gasteiger partial charge in [0.2, 0.25) is 5.95 Å². The Bertz CT molecular complexity index is 1090. The molecule has 0 N–H and O–H groups in total. The standard InChI is InChI=1S/C27H42FN3O5SSi/c1-12-19-15-20(21(28)29-16-19)26(6)18(2)27(7,22(32)34-8)37-23(30-26)31(24(33)36-25(3,4)5)17-35-13-14-38(9,10)11/h12,15-16,18H,1,13-14,17H2,2-11H3/t18-,26-,27-/m0/s1. The number of thioether (sulfide) groups is 1. The molecule has 0 aromatic carbocycles. The highest BCUT2D eigenvalue weighted by Gasteiger charge is 2.56. The molecule has 0 saturated heterocycles. The van der Waals surface area contributed by atoms with E-state index < -0.39 is 47.9 Å². The maximum Gasteiger partial charge on any atom is 0.418 e. The number of methoxy groups -OCH3 is 1. The number of aliphatic imine (C=N–C) groups is 1. The third-order valence-electron chi connectivity index (χ3n) is 6.59. The van der Waals surface area contributed by atoms with Crippen LogP contribution in [-0.2, 0) is 24.5 Å². The van der Waals surface area contributed by atoms with E-state index in [4.69, 9.17) is 19.2 Å². The van der Waals surface area contributed by atoms with Gasteiger partial charge in [-0.15, -0.1) is 0 Å². The van der Waals surface area contributed by atoms with Crippen LogP contribution in [0.15, 0.2) is 23.8 Å². The number of ether oxygens (including phenoxy) is 3. The summed E-state index contributed by atoms with van der Waals surface area (Å²) >= 11 is 1.08. The van der Waals surface area contributed by atoms with Crippen LogP contribution in [0.3, 0.4) is 0 Å². The molecule has 0 fully saturated rings. The molecule has 11 heteroatoms. The maximum absolute atomic E-state index is 15.2. The predicted octanol–water partition coefficient (Wildman–Crippen LogP) is 6.30. The van der Waals surface area contributed by atoms with Gasteiger partial charge in [-0.3, -0.25) is 9.79 Å². The van der Waals surface area contributed by atoms with Gasteiger partial charge in [-0.2, -0.15) is 4.39 Å². The van der Waals surface area contributed by atoms with Crippen molar-refractivity contribution in [3.05, 3.63) is 35.9 Å². The summed E-state index contributed by atoms with van der Waals surface area (Å²) in [4.78, 5) is 36.7. The first kappa shape index (κ1) is 32.0. The van der Waals surface area contributed by atoms with Crippen molar-refractivity contribution in [2.75, 3.05) is 20.4 Å². The zero-order chi connectivity index (χ0) is 29.1. The van der Waals surface area contributed by atoms with Crippen LogP contribution in [0.1, 0.15) is 52.7 Å². The predicted molar refractivity (Wildman–Crippen MR) is 153 cm³/mol. The highest BCUT2D eigenvalue weighted by molar-refractivity contribution is 8.15. The quantitative estimate of drug-likeness (QED) is 0.120. The number of amides is 1. The lowest BCUT2D eigenvalue weighted by molar-refractivity contribution is -0.145. The summed E-state index contributed by atoms with van der Waals surface area (Å²) in [7, 11) is -0.0809. The summed E-state index contributed by atoms with van der Waals surface area (Å²) in [6.07, 6.45) is 2.26. The van der Waals surface area contributed by atoms with Gasteiger partial charge in [-0.05, 0) is 52.3 Å². The molecular formula is C27H42FN3O5SSi. The smallest absolute Gasteiger partial charge is 0.418 e. The molecule has 0 saturated carbocycles. The van der Waals surface area contributed by atoms with Crippen LogP contribution >= 0.6 is 11.8 Å². The van der Waals surface area contributed by atoms with Crippen molar-refractivity contribution in [3.63, 3.8) is 0 Å². The SMILES string of the molecule is C=Cc1cnc(F)c([C@@]2(C)N=C(N(COCC[Si](C)(C)C)C(=O)OC(C)(C)C)S[C@](C)(C(=O)OC)[C@H]2C)c1. The summed E-state index contributed by atoms with van der Waals surface area (Å²) in [6.45, 7) is 21.3. The van der Waals surface area contributed by atoms with Crippen molar-refractivity contribution in [2.45, 2.75) is 83.1 Å². The average Bonchev–Trinajstić information content (AvgIpc) is 2.80. The summed E-state index contributed by atoms with van der Waals surface area (Å²) in [6, 6.07) is 2.51. The minimum Gasteiger partial charge on any atom is -0.468 e. The average molecular weight is 568 g/mol. The molecule has 38 heavy (non-hydrogen) atoms. The van der Waals surface area contributed by atoms with Gasteiger partial charge in [0.1, 0.15) is 17.1 Å². The maximum atomic E-state index is 15.2. The number of esters is 1. The van der Waals surface area contributed by atoms with Gasteiger partial charge in [-0.25, -0.2) is 14.7 Å². The largest absolute Gasteiger partial charge is 0.468 e. The molecule has 2 heterocycles. The van der Waals surface area contributed by atoms with Gasteiger partial charge in [0, 0.05) is 32.4 Å². The number of hydrogen-bond acceptors (Lipinski definition) is 8. The van der Waals surface area contributed by atoms with E-state index in [-0.39, 0.29) is 17.5 Å². The third kappa shape index (κ3) is 7.44. The van der Waals surface area contributed by atoms with Crippen LogP contribution in [0, 0.1) is 11.9 Å². The van der Waals surface area contributed by atoms with E-state index in [1.807, 2.05) is 6.92 Å². The Labute approximate surface area is 231 Å². The first-order valence-electron chi connectivity index (χ1n) is 12.6. The van der Waals surface area contributed by atoms with Crippen molar-refractivity contribution in [2.24, 2.45) is 10.9 Å². The van der Waals surface area contributed by atoms with Crippen LogP contribution in [0.5, 0.6) is 0 Å². The minimum absolute atomic E-state index is 0.139. The Hall–Kier alpha value is -2.24. The first-order chi connectivity index (χ1) is 17.4. The highest BCUT2D eigenvalue weighted by atomic mass is 32.2. The lowest BCUT2D eigenvalue weighted by Crippen LogP contribution is -2.55. The summed E-state index contributed by atoms with van der Waals surface area (Å²) in [5.74, 6) is -1.80. The molecule has 0 spiro atoms. The molecule has 1 aliphatic heterocycles. The van der Waals surface area contributed by atoms with Crippen molar-refractivity contribution in [1.82, 2.24) is 9.88 Å². The Morgan fingerprint density at radius 2 is 1.92 bits per heavy atom. The normalized spacial score (nSPS) is 23.9. The zero-order valence-corrected chi connectivity index (χ0v) is 26.1. The van der Waals surface area contributed by atoms with Crippen LogP contribution in [-0.4, -0.2) is 66.0 Å². The van der Waals surface area contributed by atoms with E-state index in [2.05, 4.69) is 31.2 Å². The number of pyridine rings is 1. The minimum atomic E-state index is -1.38. The number of aromatic nitrogens is 1. The number of amidine groups is 1. The van der Waals surface area contributed by atoms with E-state index in [1.165, 1.54) is 18.2 Å². The monoisotopic (exact) mass is 567 g/mol. The Kier molecular flexibility index (Phi) is 9.99. The van der Waals surface area contributed by atoms with Crippen molar-refractivity contribution in [3.8, 4) is 0 Å². The Morgan fingerprint density at radius 1 is 1.29 bits per heavy atom. The molecule has 1 aromatic rings. The fourth-order valence-electron chi connectivity index (χ4n) is 3.93. The van der Waals surface area contributed by atoms with Crippen LogP contribution < -0.4 is 0 Å². The molecule has 2 rings (SSSR count). The molecule has 3 atom stereocenters. The molecule has 0 unspecified atom stereocenters. The van der Waals surface area contributed by atoms with Crippen molar-refractivity contribution < 1.29 is 28.2 Å². The number of rotatable bonds is 8. The molecule has 1 aliphatic rings. The molecule has 0 radical (unpaired) electrons. The van der Waals surface area contributed by atoms with E-state index >= 15 is 4.39 Å².